The molecule has 152 valence electrons. The first-order valence-electron chi connectivity index (χ1n) is 9.82. The molecule has 1 saturated carbocycles. The molecule has 2 aromatic heterocycles. The Morgan fingerprint density at radius 2 is 1.87 bits per heavy atom. The van der Waals surface area contributed by atoms with Gasteiger partial charge in [-0.1, -0.05) is 41.9 Å². The van der Waals surface area contributed by atoms with Gasteiger partial charge in [0.05, 0.1) is 11.9 Å². The van der Waals surface area contributed by atoms with E-state index in [4.69, 9.17) is 16.6 Å². The number of hydrogen-bond acceptors (Lipinski definition) is 4. The van der Waals surface area contributed by atoms with Gasteiger partial charge < -0.3 is 4.98 Å². The van der Waals surface area contributed by atoms with Crippen molar-refractivity contribution in [1.82, 2.24) is 14.9 Å². The van der Waals surface area contributed by atoms with Gasteiger partial charge in [-0.05, 0) is 36.6 Å². The molecule has 0 saturated heterocycles. The second-order valence-electron chi connectivity index (χ2n) is 7.58. The van der Waals surface area contributed by atoms with E-state index in [1.165, 1.54) is 23.5 Å². The number of hydrogen-bond donors (Lipinski definition) is 1. The van der Waals surface area contributed by atoms with E-state index in [2.05, 4.69) is 9.88 Å². The van der Waals surface area contributed by atoms with Crippen LogP contribution in [0.2, 0.25) is 5.02 Å². The third-order valence-corrected chi connectivity index (χ3v) is 6.57. The Balaban J connectivity index is 1.45. The van der Waals surface area contributed by atoms with Crippen molar-refractivity contribution in [3.8, 4) is 11.1 Å². The van der Waals surface area contributed by atoms with E-state index in [9.17, 15) is 9.18 Å². The molecular weight excluding hydrogens is 421 g/mol. The van der Waals surface area contributed by atoms with Crippen molar-refractivity contribution in [3.05, 3.63) is 86.5 Å². The molecule has 2 heterocycles. The number of aromatic nitrogens is 2. The van der Waals surface area contributed by atoms with Crippen LogP contribution in [0.1, 0.15) is 24.2 Å². The number of halogens is 2. The second-order valence-corrected chi connectivity index (χ2v) is 8.85. The summed E-state index contributed by atoms with van der Waals surface area (Å²) < 4.78 is 13.2. The minimum atomic E-state index is -0.236. The summed E-state index contributed by atoms with van der Waals surface area (Å²) in [5.41, 5.74) is 2.54. The molecule has 7 heteroatoms. The van der Waals surface area contributed by atoms with Gasteiger partial charge in [-0.25, -0.2) is 9.37 Å². The van der Waals surface area contributed by atoms with Gasteiger partial charge in [0.1, 0.15) is 16.5 Å². The van der Waals surface area contributed by atoms with Crippen LogP contribution in [0.5, 0.6) is 0 Å². The third kappa shape index (κ3) is 3.90. The molecule has 0 radical (unpaired) electrons. The molecule has 2 aromatic carbocycles. The highest BCUT2D eigenvalue weighted by Crippen LogP contribution is 2.35. The zero-order chi connectivity index (χ0) is 20.7. The Hall–Kier alpha value is -2.54. The molecule has 0 spiro atoms. The van der Waals surface area contributed by atoms with Crippen LogP contribution in [0.25, 0.3) is 21.3 Å². The van der Waals surface area contributed by atoms with Gasteiger partial charge in [0.25, 0.3) is 5.56 Å². The molecular formula is C23H19ClFN3OS. The van der Waals surface area contributed by atoms with Gasteiger partial charge in [-0.2, -0.15) is 0 Å². The molecule has 1 fully saturated rings. The topological polar surface area (TPSA) is 49.0 Å². The molecule has 0 aliphatic heterocycles. The molecule has 0 unspecified atom stereocenters. The number of fused-ring (bicyclic) bond motifs is 1. The molecule has 0 bridgehead atoms. The van der Waals surface area contributed by atoms with Crippen molar-refractivity contribution in [2.45, 2.75) is 32.0 Å². The van der Waals surface area contributed by atoms with Crippen LogP contribution in [0.3, 0.4) is 0 Å². The number of thiophene rings is 1. The van der Waals surface area contributed by atoms with Crippen molar-refractivity contribution in [2.24, 2.45) is 0 Å². The summed E-state index contributed by atoms with van der Waals surface area (Å²) in [5, 5.41) is 3.13. The highest BCUT2D eigenvalue weighted by atomic mass is 35.5. The van der Waals surface area contributed by atoms with Gasteiger partial charge in [-0.15, -0.1) is 11.3 Å². The Morgan fingerprint density at radius 1 is 1.10 bits per heavy atom. The minimum absolute atomic E-state index is 0.149. The highest BCUT2D eigenvalue weighted by molar-refractivity contribution is 7.17. The predicted molar refractivity (Wildman–Crippen MR) is 119 cm³/mol. The predicted octanol–water partition coefficient (Wildman–Crippen LogP) is 5.61. The van der Waals surface area contributed by atoms with Crippen LogP contribution in [0.15, 0.2) is 58.7 Å². The molecule has 1 N–H and O–H groups in total. The number of benzene rings is 2. The fourth-order valence-electron chi connectivity index (χ4n) is 3.72. The van der Waals surface area contributed by atoms with E-state index in [1.807, 2.05) is 29.6 Å². The Labute approximate surface area is 182 Å². The lowest BCUT2D eigenvalue weighted by Crippen LogP contribution is -2.27. The quantitative estimate of drug-likeness (QED) is 0.425. The normalized spacial score (nSPS) is 14.0. The summed E-state index contributed by atoms with van der Waals surface area (Å²) in [6.45, 7) is 1.24. The average molecular weight is 440 g/mol. The van der Waals surface area contributed by atoms with Gasteiger partial charge in [-0.3, -0.25) is 9.69 Å². The van der Waals surface area contributed by atoms with Crippen LogP contribution >= 0.6 is 22.9 Å². The number of H-pyrrole nitrogens is 1. The van der Waals surface area contributed by atoms with Crippen molar-refractivity contribution in [1.29, 1.82) is 0 Å². The fraction of sp³-hybridized carbons (Fsp3) is 0.217. The number of rotatable bonds is 6. The van der Waals surface area contributed by atoms with Gasteiger partial charge in [0.15, 0.2) is 0 Å². The number of nitrogens with zero attached hydrogens (tertiary/aromatic N) is 2. The minimum Gasteiger partial charge on any atom is -0.309 e. The zero-order valence-electron chi connectivity index (χ0n) is 16.1. The summed E-state index contributed by atoms with van der Waals surface area (Å²) in [6.07, 6.45) is 2.26. The van der Waals surface area contributed by atoms with Crippen LogP contribution in [-0.4, -0.2) is 20.9 Å². The summed E-state index contributed by atoms with van der Waals surface area (Å²) in [7, 11) is 0. The molecule has 30 heavy (non-hydrogen) atoms. The van der Waals surface area contributed by atoms with Gasteiger partial charge in [0.2, 0.25) is 0 Å². The second kappa shape index (κ2) is 7.95. The zero-order valence-corrected chi connectivity index (χ0v) is 17.6. The Morgan fingerprint density at radius 3 is 2.60 bits per heavy atom. The van der Waals surface area contributed by atoms with Crippen molar-refractivity contribution in [3.63, 3.8) is 0 Å². The van der Waals surface area contributed by atoms with Crippen molar-refractivity contribution < 1.29 is 4.39 Å². The maximum atomic E-state index is 13.2. The molecule has 1 aliphatic carbocycles. The van der Waals surface area contributed by atoms with Crippen molar-refractivity contribution in [2.75, 3.05) is 0 Å². The maximum absolute atomic E-state index is 13.2. The molecule has 1 aliphatic rings. The first-order chi connectivity index (χ1) is 14.6. The van der Waals surface area contributed by atoms with Gasteiger partial charge in [0, 0.05) is 34.1 Å². The van der Waals surface area contributed by atoms with E-state index in [1.54, 1.807) is 12.1 Å². The molecule has 0 atom stereocenters. The van der Waals surface area contributed by atoms with E-state index < -0.39 is 0 Å². The van der Waals surface area contributed by atoms with Crippen LogP contribution in [-0.2, 0) is 13.1 Å². The maximum Gasteiger partial charge on any atom is 0.260 e. The number of nitrogens with one attached hydrogen (secondary N) is 1. The lowest BCUT2D eigenvalue weighted by molar-refractivity contribution is 0.239. The first kappa shape index (κ1) is 19.4. The summed E-state index contributed by atoms with van der Waals surface area (Å²) >= 11 is 7.79. The largest absolute Gasteiger partial charge is 0.309 e. The lowest BCUT2D eigenvalue weighted by atomic mass is 10.1. The van der Waals surface area contributed by atoms with Crippen molar-refractivity contribution >= 4 is 33.2 Å². The third-order valence-electron chi connectivity index (χ3n) is 5.37. The fourth-order valence-corrected chi connectivity index (χ4v) is 4.91. The number of aromatic amines is 1. The molecule has 0 amide bonds. The Kier molecular flexibility index (Phi) is 5.15. The van der Waals surface area contributed by atoms with Gasteiger partial charge >= 0.3 is 0 Å². The monoisotopic (exact) mass is 439 g/mol. The SMILES string of the molecule is O=c1[nH]c(CN(Cc2ccc(F)cc2)C2CC2)nc2scc(-c3ccccc3Cl)c12. The summed E-state index contributed by atoms with van der Waals surface area (Å²) in [6, 6.07) is 14.5. The highest BCUT2D eigenvalue weighted by Gasteiger charge is 2.29. The average Bonchev–Trinajstić information content (AvgIpc) is 3.49. The van der Waals surface area contributed by atoms with Crippen LogP contribution < -0.4 is 5.56 Å². The molecule has 4 aromatic rings. The van der Waals surface area contributed by atoms with Crippen LogP contribution in [0, 0.1) is 5.82 Å². The lowest BCUT2D eigenvalue weighted by Gasteiger charge is -2.21. The smallest absolute Gasteiger partial charge is 0.260 e. The van der Waals surface area contributed by atoms with Crippen LogP contribution in [0.4, 0.5) is 4.39 Å². The summed E-state index contributed by atoms with van der Waals surface area (Å²) in [4.78, 5) is 23.6. The summed E-state index contributed by atoms with van der Waals surface area (Å²) in [5.74, 6) is 0.411. The Bertz CT molecular complexity index is 1260. The van der Waals surface area contributed by atoms with E-state index in [0.29, 0.717) is 40.2 Å². The standard InChI is InChI=1S/C23H19ClFN3OS/c24-19-4-2-1-3-17(19)18-13-30-23-21(18)22(29)26-20(27-23)12-28(16-9-10-16)11-14-5-7-15(25)8-6-14/h1-8,13,16H,9-12H2,(H,26,27,29). The van der Waals surface area contributed by atoms with E-state index in [-0.39, 0.29) is 11.4 Å². The molecule has 5 rings (SSSR count). The van der Waals surface area contributed by atoms with E-state index >= 15 is 0 Å². The first-order valence-corrected chi connectivity index (χ1v) is 11.1. The van der Waals surface area contributed by atoms with E-state index in [0.717, 1.165) is 29.5 Å². The molecule has 4 nitrogen and oxygen atoms in total.